The number of aromatic amines is 1. The van der Waals surface area contributed by atoms with E-state index in [9.17, 15) is 0 Å². The average molecular weight is 315 g/mol. The Morgan fingerprint density at radius 2 is 1.48 bits per heavy atom. The van der Waals surface area contributed by atoms with E-state index in [1.165, 1.54) is 80.7 Å². The highest BCUT2D eigenvalue weighted by molar-refractivity contribution is 5.82. The standard InChI is InChI=1S/C21H34N2/c1-2-3-4-5-6-7-8-9-10-13-16-22-17-19-18-23-21-15-12-11-14-20(19)21/h11-12,14-15,18,22-23H,2-10,13,16-17H2,1H3. The van der Waals surface area contributed by atoms with Gasteiger partial charge in [0.05, 0.1) is 0 Å². The lowest BCUT2D eigenvalue weighted by atomic mass is 10.1. The molecule has 0 aliphatic rings. The normalized spacial score (nSPS) is 11.3. The Labute approximate surface area is 142 Å². The molecule has 0 aliphatic carbocycles. The fourth-order valence-corrected chi connectivity index (χ4v) is 3.24. The maximum atomic E-state index is 3.59. The van der Waals surface area contributed by atoms with Crippen LogP contribution in [0.2, 0.25) is 0 Å². The minimum absolute atomic E-state index is 0.974. The number of fused-ring (bicyclic) bond motifs is 1. The van der Waals surface area contributed by atoms with Gasteiger partial charge in [0.25, 0.3) is 0 Å². The van der Waals surface area contributed by atoms with Gasteiger partial charge in [-0.2, -0.15) is 0 Å². The number of unbranched alkanes of at least 4 members (excludes halogenated alkanes) is 9. The monoisotopic (exact) mass is 314 g/mol. The van der Waals surface area contributed by atoms with E-state index < -0.39 is 0 Å². The summed E-state index contributed by atoms with van der Waals surface area (Å²) in [6.07, 6.45) is 16.2. The summed E-state index contributed by atoms with van der Waals surface area (Å²) in [4.78, 5) is 3.34. The Morgan fingerprint density at radius 1 is 0.826 bits per heavy atom. The average Bonchev–Trinajstić information content (AvgIpc) is 2.99. The van der Waals surface area contributed by atoms with Crippen LogP contribution in [0.15, 0.2) is 30.5 Å². The van der Waals surface area contributed by atoms with Crippen molar-refractivity contribution in [1.82, 2.24) is 10.3 Å². The molecule has 0 saturated carbocycles. The Bertz CT molecular complexity index is 529. The topological polar surface area (TPSA) is 27.8 Å². The van der Waals surface area contributed by atoms with Crippen molar-refractivity contribution in [2.75, 3.05) is 6.54 Å². The van der Waals surface area contributed by atoms with Crippen molar-refractivity contribution in [3.63, 3.8) is 0 Å². The van der Waals surface area contributed by atoms with Crippen molar-refractivity contribution in [1.29, 1.82) is 0 Å². The van der Waals surface area contributed by atoms with Crippen LogP contribution in [0, 0.1) is 0 Å². The Balaban J connectivity index is 1.44. The first-order valence-corrected chi connectivity index (χ1v) is 9.67. The summed E-state index contributed by atoms with van der Waals surface area (Å²) in [6, 6.07) is 8.53. The molecule has 0 bridgehead atoms. The highest BCUT2D eigenvalue weighted by Crippen LogP contribution is 2.17. The lowest BCUT2D eigenvalue weighted by Gasteiger charge is -2.05. The molecule has 0 spiro atoms. The minimum atomic E-state index is 0.974. The third-order valence-electron chi connectivity index (χ3n) is 4.70. The second-order valence-corrected chi connectivity index (χ2v) is 6.72. The zero-order chi connectivity index (χ0) is 16.2. The number of nitrogens with one attached hydrogen (secondary N) is 2. The number of hydrogen-bond donors (Lipinski definition) is 2. The van der Waals surface area contributed by atoms with Gasteiger partial charge in [0.15, 0.2) is 0 Å². The van der Waals surface area contributed by atoms with E-state index in [1.54, 1.807) is 0 Å². The summed E-state index contributed by atoms with van der Waals surface area (Å²) < 4.78 is 0. The molecule has 2 nitrogen and oxygen atoms in total. The summed E-state index contributed by atoms with van der Waals surface area (Å²) in [7, 11) is 0. The molecule has 23 heavy (non-hydrogen) atoms. The van der Waals surface area contributed by atoms with E-state index in [1.807, 2.05) is 0 Å². The molecule has 2 aromatic rings. The van der Waals surface area contributed by atoms with E-state index in [2.05, 4.69) is 47.7 Å². The molecule has 0 unspecified atom stereocenters. The molecule has 1 heterocycles. The molecule has 0 aliphatic heterocycles. The van der Waals surface area contributed by atoms with Gasteiger partial charge in [-0.05, 0) is 24.6 Å². The molecule has 0 saturated heterocycles. The first-order valence-electron chi connectivity index (χ1n) is 9.67. The van der Waals surface area contributed by atoms with Crippen molar-refractivity contribution in [2.24, 2.45) is 0 Å². The fourth-order valence-electron chi connectivity index (χ4n) is 3.24. The number of hydrogen-bond acceptors (Lipinski definition) is 1. The Morgan fingerprint density at radius 3 is 2.22 bits per heavy atom. The van der Waals surface area contributed by atoms with Crippen LogP contribution >= 0.6 is 0 Å². The van der Waals surface area contributed by atoms with Gasteiger partial charge in [0.2, 0.25) is 0 Å². The van der Waals surface area contributed by atoms with Crippen molar-refractivity contribution in [3.8, 4) is 0 Å². The summed E-state index contributed by atoms with van der Waals surface area (Å²) in [5.41, 5.74) is 2.62. The molecule has 2 N–H and O–H groups in total. The maximum absolute atomic E-state index is 3.59. The second-order valence-electron chi connectivity index (χ2n) is 6.72. The predicted octanol–water partition coefficient (Wildman–Crippen LogP) is 6.18. The Kier molecular flexibility index (Phi) is 8.86. The molecular formula is C21H34N2. The predicted molar refractivity (Wildman–Crippen MR) is 102 cm³/mol. The van der Waals surface area contributed by atoms with Crippen LogP contribution in [-0.4, -0.2) is 11.5 Å². The van der Waals surface area contributed by atoms with Gasteiger partial charge < -0.3 is 10.3 Å². The Hall–Kier alpha value is -1.28. The van der Waals surface area contributed by atoms with E-state index in [4.69, 9.17) is 0 Å². The summed E-state index contributed by atoms with van der Waals surface area (Å²) in [5.74, 6) is 0. The van der Waals surface area contributed by atoms with Gasteiger partial charge in [-0.25, -0.2) is 0 Å². The highest BCUT2D eigenvalue weighted by atomic mass is 14.9. The van der Waals surface area contributed by atoms with Gasteiger partial charge in [-0.15, -0.1) is 0 Å². The summed E-state index contributed by atoms with van der Waals surface area (Å²) in [6.45, 7) is 4.39. The third kappa shape index (κ3) is 6.78. The minimum Gasteiger partial charge on any atom is -0.361 e. The van der Waals surface area contributed by atoms with E-state index in [-0.39, 0.29) is 0 Å². The van der Waals surface area contributed by atoms with Crippen molar-refractivity contribution in [3.05, 3.63) is 36.0 Å². The second kappa shape index (κ2) is 11.3. The van der Waals surface area contributed by atoms with Crippen LogP contribution in [0.1, 0.15) is 76.7 Å². The van der Waals surface area contributed by atoms with E-state index in [0.29, 0.717) is 0 Å². The van der Waals surface area contributed by atoms with Crippen molar-refractivity contribution in [2.45, 2.75) is 77.7 Å². The lowest BCUT2D eigenvalue weighted by Crippen LogP contribution is -2.14. The number of benzene rings is 1. The lowest BCUT2D eigenvalue weighted by molar-refractivity contribution is 0.544. The zero-order valence-electron chi connectivity index (χ0n) is 14.9. The van der Waals surface area contributed by atoms with Crippen LogP contribution in [0.5, 0.6) is 0 Å². The zero-order valence-corrected chi connectivity index (χ0v) is 14.9. The molecule has 1 aromatic carbocycles. The van der Waals surface area contributed by atoms with Crippen molar-refractivity contribution >= 4 is 10.9 Å². The molecule has 0 radical (unpaired) electrons. The quantitative estimate of drug-likeness (QED) is 0.425. The molecule has 1 aromatic heterocycles. The van der Waals surface area contributed by atoms with Crippen LogP contribution in [0.3, 0.4) is 0 Å². The van der Waals surface area contributed by atoms with Crippen LogP contribution in [-0.2, 0) is 6.54 Å². The van der Waals surface area contributed by atoms with Gasteiger partial charge in [-0.3, -0.25) is 0 Å². The number of rotatable bonds is 13. The van der Waals surface area contributed by atoms with Gasteiger partial charge in [-0.1, -0.05) is 82.9 Å². The van der Waals surface area contributed by atoms with Crippen LogP contribution in [0.4, 0.5) is 0 Å². The third-order valence-corrected chi connectivity index (χ3v) is 4.70. The molecular weight excluding hydrogens is 280 g/mol. The van der Waals surface area contributed by atoms with Gasteiger partial charge in [0, 0.05) is 23.6 Å². The molecule has 128 valence electrons. The van der Waals surface area contributed by atoms with E-state index >= 15 is 0 Å². The van der Waals surface area contributed by atoms with Gasteiger partial charge >= 0.3 is 0 Å². The molecule has 0 fully saturated rings. The number of aromatic nitrogens is 1. The van der Waals surface area contributed by atoms with Gasteiger partial charge in [0.1, 0.15) is 0 Å². The molecule has 2 rings (SSSR count). The fraction of sp³-hybridized carbons (Fsp3) is 0.619. The van der Waals surface area contributed by atoms with E-state index in [0.717, 1.165) is 13.1 Å². The first-order chi connectivity index (χ1) is 11.4. The molecule has 0 amide bonds. The first kappa shape index (κ1) is 18.1. The maximum Gasteiger partial charge on any atom is 0.0457 e. The smallest absolute Gasteiger partial charge is 0.0457 e. The van der Waals surface area contributed by atoms with Crippen molar-refractivity contribution < 1.29 is 0 Å². The number of para-hydroxylation sites is 1. The summed E-state index contributed by atoms with van der Waals surface area (Å²) in [5, 5.41) is 4.94. The largest absolute Gasteiger partial charge is 0.361 e. The number of H-pyrrole nitrogens is 1. The summed E-state index contributed by atoms with van der Waals surface area (Å²) >= 11 is 0. The highest BCUT2D eigenvalue weighted by Gasteiger charge is 2.01. The molecule has 0 atom stereocenters. The SMILES string of the molecule is CCCCCCCCCCCCNCc1c[nH]c2ccccc12. The molecule has 2 heteroatoms. The van der Waals surface area contributed by atoms with Crippen LogP contribution < -0.4 is 5.32 Å². The van der Waals surface area contributed by atoms with Crippen LogP contribution in [0.25, 0.3) is 10.9 Å².